The topological polar surface area (TPSA) is 41.5 Å². The molecule has 0 aromatic carbocycles. The van der Waals surface area contributed by atoms with Crippen LogP contribution < -0.4 is 5.43 Å². The first kappa shape index (κ1) is 18.2. The summed E-state index contributed by atoms with van der Waals surface area (Å²) in [6, 6.07) is 0. The van der Waals surface area contributed by atoms with Gasteiger partial charge in [-0.15, -0.1) is 0 Å². The zero-order chi connectivity index (χ0) is 15.3. The number of nitrogens with one attached hydrogen (secondary N) is 1. The lowest BCUT2D eigenvalue weighted by Crippen LogP contribution is -2.21. The first-order valence-electron chi connectivity index (χ1n) is 9.10. The van der Waals surface area contributed by atoms with Crippen molar-refractivity contribution < 1.29 is 4.79 Å². The first-order chi connectivity index (χ1) is 10.3. The SMILES string of the molecule is CCCCCCCCCC(=O)NN=C1CCC(CC)CC1. The molecule has 1 rings (SSSR count). The molecule has 1 aliphatic carbocycles. The van der Waals surface area contributed by atoms with E-state index in [9.17, 15) is 4.79 Å². The number of carbonyl (C=O) groups is 1. The quantitative estimate of drug-likeness (QED) is 0.436. The molecule has 3 heteroatoms. The standard InChI is InChI=1S/C18H34N2O/c1-3-5-6-7-8-9-10-11-18(21)20-19-17-14-12-16(4-2)13-15-17/h16H,3-15H2,1-2H3,(H,20,21). The van der Waals surface area contributed by atoms with E-state index in [0.717, 1.165) is 25.2 Å². The summed E-state index contributed by atoms with van der Waals surface area (Å²) in [6.07, 6.45) is 15.2. The van der Waals surface area contributed by atoms with Crippen molar-refractivity contribution in [3.05, 3.63) is 0 Å². The van der Waals surface area contributed by atoms with Gasteiger partial charge in [0.1, 0.15) is 0 Å². The van der Waals surface area contributed by atoms with Crippen LogP contribution in [-0.2, 0) is 4.79 Å². The van der Waals surface area contributed by atoms with Gasteiger partial charge in [-0.3, -0.25) is 4.79 Å². The maximum absolute atomic E-state index is 11.7. The van der Waals surface area contributed by atoms with E-state index in [-0.39, 0.29) is 5.91 Å². The van der Waals surface area contributed by atoms with Crippen molar-refractivity contribution >= 4 is 11.6 Å². The summed E-state index contributed by atoms with van der Waals surface area (Å²) in [5.74, 6) is 0.959. The van der Waals surface area contributed by atoms with E-state index in [0.29, 0.717) is 6.42 Å². The molecule has 0 aromatic rings. The van der Waals surface area contributed by atoms with Gasteiger partial charge in [-0.25, -0.2) is 5.43 Å². The van der Waals surface area contributed by atoms with Crippen LogP contribution in [-0.4, -0.2) is 11.6 Å². The largest absolute Gasteiger partial charge is 0.273 e. The Morgan fingerprint density at radius 1 is 1.05 bits per heavy atom. The molecule has 0 aliphatic heterocycles. The third-order valence-corrected chi connectivity index (χ3v) is 4.61. The Morgan fingerprint density at radius 3 is 2.29 bits per heavy atom. The molecule has 1 aliphatic rings. The molecule has 0 radical (unpaired) electrons. The Kier molecular flexibility index (Phi) is 10.2. The molecule has 1 amide bonds. The second kappa shape index (κ2) is 11.8. The van der Waals surface area contributed by atoms with Gasteiger partial charge in [0.05, 0.1) is 0 Å². The number of hydrogen-bond donors (Lipinski definition) is 1. The van der Waals surface area contributed by atoms with Crippen LogP contribution in [0.5, 0.6) is 0 Å². The highest BCUT2D eigenvalue weighted by Gasteiger charge is 2.15. The lowest BCUT2D eigenvalue weighted by molar-refractivity contribution is -0.121. The molecule has 0 atom stereocenters. The van der Waals surface area contributed by atoms with Gasteiger partial charge in [0.15, 0.2) is 0 Å². The highest BCUT2D eigenvalue weighted by atomic mass is 16.2. The average Bonchev–Trinajstić information content (AvgIpc) is 2.52. The molecule has 21 heavy (non-hydrogen) atoms. The van der Waals surface area contributed by atoms with E-state index < -0.39 is 0 Å². The fourth-order valence-electron chi connectivity index (χ4n) is 2.97. The molecule has 1 saturated carbocycles. The van der Waals surface area contributed by atoms with E-state index in [1.54, 1.807) is 0 Å². The molecule has 0 bridgehead atoms. The Morgan fingerprint density at radius 2 is 1.67 bits per heavy atom. The normalized spacial score (nSPS) is 18.6. The number of nitrogens with zero attached hydrogens (tertiary/aromatic N) is 1. The predicted molar refractivity (Wildman–Crippen MR) is 90.4 cm³/mol. The van der Waals surface area contributed by atoms with Gasteiger partial charge in [-0.2, -0.15) is 5.10 Å². The summed E-state index contributed by atoms with van der Waals surface area (Å²) in [5.41, 5.74) is 3.93. The van der Waals surface area contributed by atoms with Crippen molar-refractivity contribution in [3.8, 4) is 0 Å². The van der Waals surface area contributed by atoms with Crippen molar-refractivity contribution in [1.82, 2.24) is 5.43 Å². The molecule has 0 aromatic heterocycles. The van der Waals surface area contributed by atoms with E-state index in [4.69, 9.17) is 0 Å². The van der Waals surface area contributed by atoms with Gasteiger partial charge in [0.25, 0.3) is 0 Å². The molecule has 0 unspecified atom stereocenters. The van der Waals surface area contributed by atoms with E-state index in [1.807, 2.05) is 0 Å². The van der Waals surface area contributed by atoms with Crippen LogP contribution in [0.2, 0.25) is 0 Å². The highest BCUT2D eigenvalue weighted by Crippen LogP contribution is 2.24. The Labute approximate surface area is 131 Å². The smallest absolute Gasteiger partial charge is 0.240 e. The van der Waals surface area contributed by atoms with E-state index in [2.05, 4.69) is 24.4 Å². The molecule has 0 spiro atoms. The zero-order valence-corrected chi connectivity index (χ0v) is 14.1. The van der Waals surface area contributed by atoms with Crippen molar-refractivity contribution in [2.45, 2.75) is 97.3 Å². The molecule has 3 nitrogen and oxygen atoms in total. The molecule has 1 fully saturated rings. The predicted octanol–water partition coefficient (Wildman–Crippen LogP) is 5.20. The maximum atomic E-state index is 11.7. The van der Waals surface area contributed by atoms with Crippen LogP contribution in [0.1, 0.15) is 97.3 Å². The second-order valence-corrected chi connectivity index (χ2v) is 6.44. The number of hydrazone groups is 1. The van der Waals surface area contributed by atoms with Gasteiger partial charge >= 0.3 is 0 Å². The van der Waals surface area contributed by atoms with Crippen molar-refractivity contribution in [3.63, 3.8) is 0 Å². The number of carbonyl (C=O) groups excluding carboxylic acids is 1. The molecule has 1 N–H and O–H groups in total. The third-order valence-electron chi connectivity index (χ3n) is 4.61. The summed E-state index contributed by atoms with van der Waals surface area (Å²) in [4.78, 5) is 11.7. The third kappa shape index (κ3) is 8.90. The summed E-state index contributed by atoms with van der Waals surface area (Å²) >= 11 is 0. The minimum absolute atomic E-state index is 0.0914. The zero-order valence-electron chi connectivity index (χ0n) is 14.1. The molecule has 122 valence electrons. The summed E-state index contributed by atoms with van der Waals surface area (Å²) in [7, 11) is 0. The van der Waals surface area contributed by atoms with Gasteiger partial charge in [-0.05, 0) is 38.0 Å². The monoisotopic (exact) mass is 294 g/mol. The molecule has 0 saturated heterocycles. The Bertz CT molecular complexity index is 302. The van der Waals surface area contributed by atoms with Crippen LogP contribution in [0.3, 0.4) is 0 Å². The lowest BCUT2D eigenvalue weighted by Gasteiger charge is -2.21. The van der Waals surface area contributed by atoms with Crippen molar-refractivity contribution in [2.75, 3.05) is 0 Å². The maximum Gasteiger partial charge on any atom is 0.240 e. The Hall–Kier alpha value is -0.860. The van der Waals surface area contributed by atoms with Crippen LogP contribution >= 0.6 is 0 Å². The average molecular weight is 294 g/mol. The van der Waals surface area contributed by atoms with Gasteiger partial charge < -0.3 is 0 Å². The number of hydrogen-bond acceptors (Lipinski definition) is 2. The summed E-state index contributed by atoms with van der Waals surface area (Å²) in [6.45, 7) is 4.50. The summed E-state index contributed by atoms with van der Waals surface area (Å²) in [5, 5.41) is 4.31. The molecule has 0 heterocycles. The molecular weight excluding hydrogens is 260 g/mol. The second-order valence-electron chi connectivity index (χ2n) is 6.44. The Balaban J connectivity index is 2.01. The van der Waals surface area contributed by atoms with Crippen molar-refractivity contribution in [1.29, 1.82) is 0 Å². The van der Waals surface area contributed by atoms with Crippen LogP contribution in [0.25, 0.3) is 0 Å². The van der Waals surface area contributed by atoms with Gasteiger partial charge in [-0.1, -0.05) is 58.8 Å². The summed E-state index contributed by atoms with van der Waals surface area (Å²) < 4.78 is 0. The van der Waals surface area contributed by atoms with Crippen LogP contribution in [0, 0.1) is 5.92 Å². The fraction of sp³-hybridized carbons (Fsp3) is 0.889. The molecular formula is C18H34N2O. The minimum Gasteiger partial charge on any atom is -0.273 e. The first-order valence-corrected chi connectivity index (χ1v) is 9.10. The van der Waals surface area contributed by atoms with E-state index in [1.165, 1.54) is 63.5 Å². The van der Waals surface area contributed by atoms with Crippen molar-refractivity contribution in [2.24, 2.45) is 11.0 Å². The fourth-order valence-corrected chi connectivity index (χ4v) is 2.97. The van der Waals surface area contributed by atoms with Gasteiger partial charge in [0, 0.05) is 12.1 Å². The number of rotatable bonds is 10. The number of amides is 1. The highest BCUT2D eigenvalue weighted by molar-refractivity contribution is 5.86. The van der Waals surface area contributed by atoms with Crippen LogP contribution in [0.15, 0.2) is 5.10 Å². The number of unbranched alkanes of at least 4 members (excludes halogenated alkanes) is 6. The lowest BCUT2D eigenvalue weighted by atomic mass is 9.86. The van der Waals surface area contributed by atoms with Crippen LogP contribution in [0.4, 0.5) is 0 Å². The van der Waals surface area contributed by atoms with Gasteiger partial charge in [0.2, 0.25) is 5.91 Å². The minimum atomic E-state index is 0.0914. The van der Waals surface area contributed by atoms with E-state index >= 15 is 0 Å².